The van der Waals surface area contributed by atoms with E-state index >= 15 is 0 Å². The van der Waals surface area contributed by atoms with Gasteiger partial charge >= 0.3 is 234 Å². The van der Waals surface area contributed by atoms with Crippen LogP contribution in [0, 0.1) is 45.3 Å². The maximum absolute atomic E-state index is 2.75. The average Bonchev–Trinajstić information content (AvgIpc) is 3.56. The molecule has 0 spiro atoms. The first kappa shape index (κ1) is 25.3. The summed E-state index contributed by atoms with van der Waals surface area (Å²) in [5.41, 5.74) is 2.43. The Labute approximate surface area is 233 Å². The van der Waals surface area contributed by atoms with E-state index in [1.54, 1.807) is 103 Å². The topological polar surface area (TPSA) is 0 Å². The van der Waals surface area contributed by atoms with Gasteiger partial charge in [-0.25, -0.2) is 0 Å². The van der Waals surface area contributed by atoms with Gasteiger partial charge in [-0.1, -0.05) is 0 Å². The summed E-state index contributed by atoms with van der Waals surface area (Å²) < 4.78 is 3.13. The summed E-state index contributed by atoms with van der Waals surface area (Å²) in [6.45, 7) is 22.0. The number of hydrogen-bond acceptors (Lipinski definition) is 0. The Hall–Kier alpha value is 0.532. The van der Waals surface area contributed by atoms with Gasteiger partial charge in [0.15, 0.2) is 0 Å². The van der Waals surface area contributed by atoms with Gasteiger partial charge in [0.25, 0.3) is 0 Å². The molecule has 0 amide bonds. The Morgan fingerprint density at radius 1 is 0.378 bits per heavy atom. The quantitative estimate of drug-likeness (QED) is 0.330. The maximum atomic E-state index is 2.75. The second-order valence-corrected chi connectivity index (χ2v) is 27.1. The molecule has 0 nitrogen and oxygen atoms in total. The van der Waals surface area contributed by atoms with Gasteiger partial charge in [-0.05, 0) is 0 Å². The monoisotopic (exact) mass is 544 g/mol. The molecule has 8 aliphatic carbocycles. The van der Waals surface area contributed by atoms with Gasteiger partial charge in [0.2, 0.25) is 0 Å². The van der Waals surface area contributed by atoms with Gasteiger partial charge in [0.05, 0.1) is 0 Å². The zero-order valence-electron chi connectivity index (χ0n) is 26.0. The zero-order valence-corrected chi connectivity index (χ0v) is 27.3. The fourth-order valence-corrected chi connectivity index (χ4v) is 33.6. The van der Waals surface area contributed by atoms with Crippen molar-refractivity contribution in [3.63, 3.8) is 0 Å². The van der Waals surface area contributed by atoms with E-state index in [4.69, 9.17) is 0 Å². The van der Waals surface area contributed by atoms with Crippen LogP contribution in [0.2, 0.25) is 17.1 Å². The Morgan fingerprint density at radius 3 is 0.730 bits per heavy atom. The van der Waals surface area contributed by atoms with Gasteiger partial charge in [-0.3, -0.25) is 0 Å². The van der Waals surface area contributed by atoms with Crippen LogP contribution in [0.3, 0.4) is 0 Å². The van der Waals surface area contributed by atoms with E-state index in [1.165, 1.54) is 0 Å². The zero-order chi connectivity index (χ0) is 26.1. The molecule has 8 rings (SSSR count). The third-order valence-electron chi connectivity index (χ3n) is 16.4. The van der Waals surface area contributed by atoms with Gasteiger partial charge in [0, 0.05) is 0 Å². The molecule has 0 N–H and O–H groups in total. The summed E-state index contributed by atoms with van der Waals surface area (Å²) in [6.07, 6.45) is 26.4. The van der Waals surface area contributed by atoms with Gasteiger partial charge in [0.1, 0.15) is 0 Å². The molecule has 210 valence electrons. The van der Waals surface area contributed by atoms with Crippen LogP contribution in [-0.2, 0) is 13.1 Å². The fraction of sp³-hybridized carbons (Fsp3) is 1.00. The van der Waals surface area contributed by atoms with E-state index < -0.39 is 13.1 Å². The van der Waals surface area contributed by atoms with Crippen LogP contribution in [0.25, 0.3) is 0 Å². The summed E-state index contributed by atoms with van der Waals surface area (Å²) in [5, 5.41) is 0. The van der Waals surface area contributed by atoms with Crippen LogP contribution in [0.5, 0.6) is 0 Å². The number of rotatable bonds is 4. The molecule has 1 heteroatoms. The summed E-state index contributed by atoms with van der Waals surface area (Å²) in [7, 11) is 0. The van der Waals surface area contributed by atoms with Gasteiger partial charge in [-0.15, -0.1) is 0 Å². The molecule has 8 bridgehead atoms. The van der Waals surface area contributed by atoms with Crippen LogP contribution >= 0.6 is 0 Å². The Morgan fingerprint density at radius 2 is 0.595 bits per heavy atom. The number of fused-ring (bicyclic) bond motifs is 8. The van der Waals surface area contributed by atoms with Crippen molar-refractivity contribution >= 4 is 0 Å². The van der Waals surface area contributed by atoms with E-state index in [-0.39, 0.29) is 0 Å². The molecule has 8 unspecified atom stereocenters. The molecule has 0 aromatic heterocycles. The van der Waals surface area contributed by atoms with Crippen molar-refractivity contribution in [3.05, 3.63) is 0 Å². The molecule has 0 saturated heterocycles. The molecule has 0 heterocycles. The Bertz CT molecular complexity index is 866. The molecule has 37 heavy (non-hydrogen) atoms. The van der Waals surface area contributed by atoms with Crippen molar-refractivity contribution < 1.29 is 13.1 Å². The number of hydrogen-bond donors (Lipinski definition) is 0. The van der Waals surface area contributed by atoms with Crippen LogP contribution in [0.4, 0.5) is 0 Å². The van der Waals surface area contributed by atoms with Crippen molar-refractivity contribution in [1.82, 2.24) is 0 Å². The van der Waals surface area contributed by atoms with Crippen molar-refractivity contribution in [2.75, 3.05) is 0 Å². The summed E-state index contributed by atoms with van der Waals surface area (Å²) in [6, 6.07) is 0. The first-order valence-electron chi connectivity index (χ1n) is 16.9. The first-order valence-corrected chi connectivity index (χ1v) is 19.4. The second-order valence-electron chi connectivity index (χ2n) is 19.8. The van der Waals surface area contributed by atoms with E-state index in [2.05, 4.69) is 55.4 Å². The van der Waals surface area contributed by atoms with Gasteiger partial charge < -0.3 is 0 Å². The van der Waals surface area contributed by atoms with Crippen LogP contribution < -0.4 is 0 Å². The normalized spacial score (nSPS) is 57.3. The standard InChI is InChI=1S/4C9H15.Cr/c4*1-9(2)6-7-3-4-8(9)5-7;/h4*8H,3-6H2,1-2H3;. The van der Waals surface area contributed by atoms with E-state index in [1.807, 2.05) is 0 Å². The molecule has 0 aromatic carbocycles. The van der Waals surface area contributed by atoms with E-state index in [0.717, 1.165) is 40.8 Å². The SMILES string of the molecule is CC1(C)C[C]2([Cr]([C]34CCC(C3)C(C)(C)C4)([C]34CCC(C3)C(C)(C)C4)[C]34CCC(C3)C(C)(C)C4)CCC1C2. The Balaban J connectivity index is 1.46. The molecule has 0 aliphatic heterocycles. The third kappa shape index (κ3) is 2.64. The summed E-state index contributed by atoms with van der Waals surface area (Å²) in [5.74, 6) is 4.16. The predicted molar refractivity (Wildman–Crippen MR) is 154 cm³/mol. The van der Waals surface area contributed by atoms with Crippen LogP contribution in [0.15, 0.2) is 0 Å². The van der Waals surface area contributed by atoms with Gasteiger partial charge in [-0.2, -0.15) is 0 Å². The molecule has 8 saturated carbocycles. The molecular formula is C36H60Cr. The van der Waals surface area contributed by atoms with Crippen molar-refractivity contribution in [2.45, 2.75) is 175 Å². The summed E-state index contributed by atoms with van der Waals surface area (Å²) in [4.78, 5) is 0. The van der Waals surface area contributed by atoms with Crippen molar-refractivity contribution in [3.8, 4) is 0 Å². The van der Waals surface area contributed by atoms with Crippen LogP contribution in [-0.4, -0.2) is 0 Å². The molecular weight excluding hydrogens is 484 g/mol. The second kappa shape index (κ2) is 6.77. The van der Waals surface area contributed by atoms with E-state index in [0.29, 0.717) is 21.7 Å². The molecule has 8 aliphatic rings. The van der Waals surface area contributed by atoms with Crippen LogP contribution in [0.1, 0.15) is 158 Å². The minimum atomic E-state index is -2.16. The molecule has 8 atom stereocenters. The van der Waals surface area contributed by atoms with E-state index in [9.17, 15) is 0 Å². The predicted octanol–water partition coefficient (Wildman–Crippen LogP) is 11.7. The van der Waals surface area contributed by atoms with Crippen molar-refractivity contribution in [2.24, 2.45) is 45.3 Å². The first-order chi connectivity index (χ1) is 17.1. The Kier molecular flexibility index (Phi) is 4.62. The molecule has 0 aromatic rings. The molecule has 0 radical (unpaired) electrons. The summed E-state index contributed by atoms with van der Waals surface area (Å²) >= 11 is -2.16. The molecule has 8 fully saturated rings. The average molecular weight is 545 g/mol. The fourth-order valence-electron chi connectivity index (χ4n) is 15.9. The van der Waals surface area contributed by atoms with Crippen molar-refractivity contribution in [1.29, 1.82) is 0 Å². The third-order valence-corrected chi connectivity index (χ3v) is 27.7. The minimum absolute atomic E-state index is 0.606.